The Kier molecular flexibility index (Phi) is 5.31. The van der Waals surface area contributed by atoms with E-state index in [2.05, 4.69) is 4.74 Å². The van der Waals surface area contributed by atoms with Crippen LogP contribution in [0.25, 0.3) is 0 Å². The van der Waals surface area contributed by atoms with Crippen LogP contribution < -0.4 is 10.5 Å². The van der Waals surface area contributed by atoms with Crippen molar-refractivity contribution in [3.8, 4) is 5.75 Å². The highest BCUT2D eigenvalue weighted by atomic mass is 16.7. The standard InChI is InChI=1S/C11H15NO4/c1-14-10(13)11(15-8-7-12)16-9-5-3-2-4-6-9/h2-6,11H,7-8,12H2,1H3. The fraction of sp³-hybridized carbons (Fsp3) is 0.364. The number of ether oxygens (including phenoxy) is 3. The number of para-hydroxylation sites is 1. The van der Waals surface area contributed by atoms with Crippen LogP contribution in [0.4, 0.5) is 0 Å². The molecule has 0 radical (unpaired) electrons. The molecule has 16 heavy (non-hydrogen) atoms. The summed E-state index contributed by atoms with van der Waals surface area (Å²) in [4.78, 5) is 11.3. The second kappa shape index (κ2) is 6.81. The summed E-state index contributed by atoms with van der Waals surface area (Å²) in [7, 11) is 1.27. The van der Waals surface area contributed by atoms with Gasteiger partial charge in [-0.2, -0.15) is 0 Å². The monoisotopic (exact) mass is 225 g/mol. The van der Waals surface area contributed by atoms with E-state index in [9.17, 15) is 4.79 Å². The fourth-order valence-corrected chi connectivity index (χ4v) is 1.04. The van der Waals surface area contributed by atoms with Gasteiger partial charge >= 0.3 is 5.97 Å². The van der Waals surface area contributed by atoms with Crippen LogP contribution in [0.3, 0.4) is 0 Å². The molecule has 88 valence electrons. The van der Waals surface area contributed by atoms with Crippen molar-refractivity contribution < 1.29 is 19.0 Å². The summed E-state index contributed by atoms with van der Waals surface area (Å²) in [5.74, 6) is -0.0489. The van der Waals surface area contributed by atoms with Crippen LogP contribution in [-0.2, 0) is 14.3 Å². The van der Waals surface area contributed by atoms with Crippen molar-refractivity contribution in [1.29, 1.82) is 0 Å². The van der Waals surface area contributed by atoms with E-state index in [0.717, 1.165) is 0 Å². The Labute approximate surface area is 94.1 Å². The van der Waals surface area contributed by atoms with Gasteiger partial charge in [-0.05, 0) is 12.1 Å². The first-order chi connectivity index (χ1) is 7.77. The molecule has 0 saturated carbocycles. The molecule has 1 aromatic carbocycles. The third-order valence-electron chi connectivity index (χ3n) is 1.77. The van der Waals surface area contributed by atoms with Crippen molar-refractivity contribution >= 4 is 5.97 Å². The topological polar surface area (TPSA) is 70.8 Å². The van der Waals surface area contributed by atoms with Gasteiger partial charge in [-0.1, -0.05) is 18.2 Å². The first-order valence-corrected chi connectivity index (χ1v) is 4.89. The van der Waals surface area contributed by atoms with E-state index in [0.29, 0.717) is 12.3 Å². The van der Waals surface area contributed by atoms with Crippen LogP contribution >= 0.6 is 0 Å². The van der Waals surface area contributed by atoms with Gasteiger partial charge in [-0.15, -0.1) is 0 Å². The molecule has 1 rings (SSSR count). The van der Waals surface area contributed by atoms with Crippen LogP contribution in [0.2, 0.25) is 0 Å². The predicted octanol–water partition coefficient (Wildman–Crippen LogP) is 0.540. The molecule has 1 unspecified atom stereocenters. The minimum absolute atomic E-state index is 0.229. The molecule has 0 fully saturated rings. The third kappa shape index (κ3) is 3.88. The van der Waals surface area contributed by atoms with E-state index in [1.54, 1.807) is 24.3 Å². The molecule has 0 amide bonds. The molecule has 0 aliphatic rings. The Morgan fingerprint density at radius 3 is 2.62 bits per heavy atom. The Bertz CT molecular complexity index is 315. The van der Waals surface area contributed by atoms with Crippen LogP contribution in [0.5, 0.6) is 5.75 Å². The Hall–Kier alpha value is -1.59. The molecule has 0 spiro atoms. The lowest BCUT2D eigenvalue weighted by atomic mass is 10.3. The SMILES string of the molecule is COC(=O)C(OCCN)Oc1ccccc1. The second-order valence-corrected chi connectivity index (χ2v) is 2.95. The van der Waals surface area contributed by atoms with E-state index in [4.69, 9.17) is 15.2 Å². The van der Waals surface area contributed by atoms with Crippen molar-refractivity contribution in [2.45, 2.75) is 6.29 Å². The summed E-state index contributed by atoms with van der Waals surface area (Å²) in [6.45, 7) is 0.540. The van der Waals surface area contributed by atoms with Gasteiger partial charge in [-0.3, -0.25) is 0 Å². The maximum atomic E-state index is 11.3. The summed E-state index contributed by atoms with van der Waals surface area (Å²) in [5.41, 5.74) is 5.28. The maximum Gasteiger partial charge on any atom is 0.376 e. The first kappa shape index (κ1) is 12.5. The zero-order valence-corrected chi connectivity index (χ0v) is 9.09. The summed E-state index contributed by atoms with van der Waals surface area (Å²) in [5, 5.41) is 0. The summed E-state index contributed by atoms with van der Waals surface area (Å²) >= 11 is 0. The van der Waals surface area contributed by atoms with E-state index < -0.39 is 12.3 Å². The Morgan fingerprint density at radius 1 is 1.38 bits per heavy atom. The summed E-state index contributed by atoms with van der Waals surface area (Å²) in [6, 6.07) is 8.89. The van der Waals surface area contributed by atoms with Gasteiger partial charge in [0.1, 0.15) is 5.75 Å². The van der Waals surface area contributed by atoms with Gasteiger partial charge in [0, 0.05) is 6.54 Å². The fourth-order valence-electron chi connectivity index (χ4n) is 1.04. The van der Waals surface area contributed by atoms with E-state index in [1.807, 2.05) is 6.07 Å². The molecule has 2 N–H and O–H groups in total. The number of hydrogen-bond donors (Lipinski definition) is 1. The van der Waals surface area contributed by atoms with Gasteiger partial charge in [0.05, 0.1) is 13.7 Å². The lowest BCUT2D eigenvalue weighted by Crippen LogP contribution is -2.33. The van der Waals surface area contributed by atoms with Crippen molar-refractivity contribution in [3.05, 3.63) is 30.3 Å². The number of esters is 1. The lowest BCUT2D eigenvalue weighted by molar-refractivity contribution is -0.174. The summed E-state index contributed by atoms with van der Waals surface area (Å²) < 4.78 is 15.0. The number of carbonyl (C=O) groups is 1. The molecule has 0 bridgehead atoms. The van der Waals surface area contributed by atoms with Crippen molar-refractivity contribution in [3.63, 3.8) is 0 Å². The smallest absolute Gasteiger partial charge is 0.376 e. The molecular weight excluding hydrogens is 210 g/mol. The molecule has 1 atom stereocenters. The largest absolute Gasteiger partial charge is 0.464 e. The minimum Gasteiger partial charge on any atom is -0.464 e. The highest BCUT2D eigenvalue weighted by molar-refractivity contribution is 5.73. The predicted molar refractivity (Wildman–Crippen MR) is 57.9 cm³/mol. The number of hydrogen-bond acceptors (Lipinski definition) is 5. The maximum absolute atomic E-state index is 11.3. The summed E-state index contributed by atoms with van der Waals surface area (Å²) in [6.07, 6.45) is -1.07. The van der Waals surface area contributed by atoms with E-state index in [1.165, 1.54) is 7.11 Å². The van der Waals surface area contributed by atoms with Crippen LogP contribution in [-0.4, -0.2) is 32.5 Å². The van der Waals surface area contributed by atoms with Gasteiger partial charge in [-0.25, -0.2) is 4.79 Å². The Balaban J connectivity index is 2.59. The normalized spacial score (nSPS) is 11.9. The molecule has 0 aromatic heterocycles. The molecule has 0 saturated heterocycles. The molecule has 5 nitrogen and oxygen atoms in total. The molecule has 0 aliphatic heterocycles. The molecular formula is C11H15NO4. The highest BCUT2D eigenvalue weighted by Gasteiger charge is 2.21. The van der Waals surface area contributed by atoms with E-state index in [-0.39, 0.29) is 6.61 Å². The third-order valence-corrected chi connectivity index (χ3v) is 1.77. The second-order valence-electron chi connectivity index (χ2n) is 2.95. The number of nitrogens with two attached hydrogens (primary N) is 1. The van der Waals surface area contributed by atoms with Crippen LogP contribution in [0, 0.1) is 0 Å². The van der Waals surface area contributed by atoms with Gasteiger partial charge in [0.2, 0.25) is 0 Å². The van der Waals surface area contributed by atoms with Crippen molar-refractivity contribution in [2.24, 2.45) is 5.73 Å². The number of methoxy groups -OCH3 is 1. The van der Waals surface area contributed by atoms with Crippen molar-refractivity contribution in [2.75, 3.05) is 20.3 Å². The molecule has 0 aliphatic carbocycles. The number of benzene rings is 1. The quantitative estimate of drug-likeness (QED) is 0.565. The number of carbonyl (C=O) groups excluding carboxylic acids is 1. The average molecular weight is 225 g/mol. The van der Waals surface area contributed by atoms with Crippen molar-refractivity contribution in [1.82, 2.24) is 0 Å². The average Bonchev–Trinajstić information content (AvgIpc) is 2.34. The zero-order valence-electron chi connectivity index (χ0n) is 9.09. The van der Waals surface area contributed by atoms with Crippen LogP contribution in [0.1, 0.15) is 0 Å². The van der Waals surface area contributed by atoms with Gasteiger partial charge < -0.3 is 19.9 Å². The molecule has 1 aromatic rings. The van der Waals surface area contributed by atoms with E-state index >= 15 is 0 Å². The highest BCUT2D eigenvalue weighted by Crippen LogP contribution is 2.12. The van der Waals surface area contributed by atoms with Gasteiger partial charge in [0.25, 0.3) is 6.29 Å². The zero-order chi connectivity index (χ0) is 11.8. The number of rotatable bonds is 6. The first-order valence-electron chi connectivity index (χ1n) is 4.89. The molecule has 5 heteroatoms. The Morgan fingerprint density at radius 2 is 2.06 bits per heavy atom. The van der Waals surface area contributed by atoms with Crippen LogP contribution in [0.15, 0.2) is 30.3 Å². The minimum atomic E-state index is -1.07. The lowest BCUT2D eigenvalue weighted by Gasteiger charge is -2.16. The van der Waals surface area contributed by atoms with Gasteiger partial charge in [0.15, 0.2) is 0 Å². The molecule has 0 heterocycles.